The minimum absolute atomic E-state index is 0.0370. The van der Waals surface area contributed by atoms with Crippen LogP contribution in [0.4, 0.5) is 0 Å². The van der Waals surface area contributed by atoms with Crippen LogP contribution in [0.1, 0.15) is 28.9 Å². The number of oxazole rings is 1. The largest absolute Gasteiger partial charge is 0.436 e. The van der Waals surface area contributed by atoms with E-state index in [1.807, 2.05) is 54.7 Å². The van der Waals surface area contributed by atoms with Gasteiger partial charge in [0.25, 0.3) is 5.91 Å². The summed E-state index contributed by atoms with van der Waals surface area (Å²) in [5.74, 6) is 1.04. The number of rotatable bonds is 5. The van der Waals surface area contributed by atoms with Crippen molar-refractivity contribution >= 4 is 17.0 Å². The lowest BCUT2D eigenvalue weighted by atomic mass is 9.90. The maximum absolute atomic E-state index is 13.2. The number of carbonyl (C=O) groups excluding carboxylic acids is 1. The van der Waals surface area contributed by atoms with Crippen molar-refractivity contribution in [3.05, 3.63) is 90.5 Å². The van der Waals surface area contributed by atoms with Gasteiger partial charge < -0.3 is 9.32 Å². The predicted octanol–water partition coefficient (Wildman–Crippen LogP) is 5.39. The fourth-order valence-electron chi connectivity index (χ4n) is 4.93. The summed E-state index contributed by atoms with van der Waals surface area (Å²) in [5.41, 5.74) is 6.03. The third-order valence-electron chi connectivity index (χ3n) is 6.92. The normalized spacial score (nSPS) is 14.4. The van der Waals surface area contributed by atoms with Gasteiger partial charge in [0.1, 0.15) is 11.2 Å². The van der Waals surface area contributed by atoms with Gasteiger partial charge in [0.15, 0.2) is 5.58 Å². The Morgan fingerprint density at radius 3 is 2.61 bits per heavy atom. The minimum atomic E-state index is -0.0370. The van der Waals surface area contributed by atoms with Crippen LogP contribution in [0.5, 0.6) is 0 Å². The van der Waals surface area contributed by atoms with Gasteiger partial charge in [-0.25, -0.2) is 4.98 Å². The van der Waals surface area contributed by atoms with Crippen molar-refractivity contribution in [2.45, 2.75) is 19.3 Å². The molecule has 7 heteroatoms. The Bertz CT molecular complexity index is 1510. The Labute approximate surface area is 209 Å². The summed E-state index contributed by atoms with van der Waals surface area (Å²) >= 11 is 0. The summed E-state index contributed by atoms with van der Waals surface area (Å²) in [6.07, 6.45) is 8.52. The molecule has 180 valence electrons. The van der Waals surface area contributed by atoms with E-state index in [1.54, 1.807) is 16.9 Å². The zero-order valence-corrected chi connectivity index (χ0v) is 20.2. The SMILES string of the molecule is Cn1cc(-c2ccc3oc(-c4ccnc(C(=O)N5CCC(Cc6ccccc6)CC5)c4)nc3c2)cn1. The molecule has 0 saturated carbocycles. The fraction of sp³-hybridized carbons (Fsp3) is 0.241. The molecule has 1 aliphatic rings. The molecule has 5 aromatic rings. The highest BCUT2D eigenvalue weighted by Crippen LogP contribution is 2.29. The topological polar surface area (TPSA) is 77.0 Å². The number of carbonyl (C=O) groups is 1. The number of benzene rings is 2. The molecule has 3 aromatic heterocycles. The van der Waals surface area contributed by atoms with Crippen molar-refractivity contribution in [1.29, 1.82) is 0 Å². The van der Waals surface area contributed by atoms with Gasteiger partial charge in [-0.15, -0.1) is 0 Å². The first kappa shape index (κ1) is 22.2. The number of nitrogens with zero attached hydrogens (tertiary/aromatic N) is 5. The Kier molecular flexibility index (Phi) is 5.81. The van der Waals surface area contributed by atoms with E-state index in [2.05, 4.69) is 34.3 Å². The molecule has 0 radical (unpaired) electrons. The molecule has 1 amide bonds. The molecule has 4 heterocycles. The average molecular weight is 478 g/mol. The molecule has 0 N–H and O–H groups in total. The lowest BCUT2D eigenvalue weighted by Crippen LogP contribution is -2.39. The van der Waals surface area contributed by atoms with Gasteiger partial charge in [0, 0.05) is 43.7 Å². The summed E-state index contributed by atoms with van der Waals surface area (Å²) in [5, 5.41) is 4.24. The third kappa shape index (κ3) is 4.52. The standard InChI is InChI=1S/C29H27N5O2/c1-33-19-24(18-31-33)22-7-8-27-25(16-22)32-28(36-27)23-9-12-30-26(17-23)29(35)34-13-10-21(11-14-34)15-20-5-3-2-4-6-20/h2-9,12,16-19,21H,10-11,13-15H2,1H3. The van der Waals surface area contributed by atoms with Crippen LogP contribution < -0.4 is 0 Å². The number of amides is 1. The average Bonchev–Trinajstić information content (AvgIpc) is 3.55. The summed E-state index contributed by atoms with van der Waals surface area (Å²) in [6.45, 7) is 1.50. The number of hydrogen-bond acceptors (Lipinski definition) is 5. The molecule has 7 nitrogen and oxygen atoms in total. The van der Waals surface area contributed by atoms with Crippen LogP contribution in [0.25, 0.3) is 33.7 Å². The van der Waals surface area contributed by atoms with Crippen molar-refractivity contribution in [2.75, 3.05) is 13.1 Å². The van der Waals surface area contributed by atoms with Crippen LogP contribution in [0.2, 0.25) is 0 Å². The molecule has 1 fully saturated rings. The van der Waals surface area contributed by atoms with Gasteiger partial charge in [-0.05, 0) is 60.6 Å². The highest BCUT2D eigenvalue weighted by Gasteiger charge is 2.25. The molecule has 0 bridgehead atoms. The van der Waals surface area contributed by atoms with Crippen molar-refractivity contribution < 1.29 is 9.21 Å². The van der Waals surface area contributed by atoms with E-state index >= 15 is 0 Å². The zero-order chi connectivity index (χ0) is 24.5. The summed E-state index contributed by atoms with van der Waals surface area (Å²) in [6, 6.07) is 20.1. The lowest BCUT2D eigenvalue weighted by molar-refractivity contribution is 0.0684. The smallest absolute Gasteiger partial charge is 0.272 e. The molecule has 6 rings (SSSR count). The maximum Gasteiger partial charge on any atom is 0.272 e. The van der Waals surface area contributed by atoms with E-state index < -0.39 is 0 Å². The number of aromatic nitrogens is 4. The van der Waals surface area contributed by atoms with Crippen LogP contribution in [0.15, 0.2) is 83.7 Å². The molecular formula is C29H27N5O2. The summed E-state index contributed by atoms with van der Waals surface area (Å²) in [7, 11) is 1.89. The van der Waals surface area contributed by atoms with Crippen LogP contribution >= 0.6 is 0 Å². The summed E-state index contributed by atoms with van der Waals surface area (Å²) in [4.78, 5) is 24.2. The van der Waals surface area contributed by atoms with E-state index in [0.29, 0.717) is 23.1 Å². The second-order valence-corrected chi connectivity index (χ2v) is 9.46. The van der Waals surface area contributed by atoms with Crippen molar-refractivity contribution in [2.24, 2.45) is 13.0 Å². The Balaban J connectivity index is 1.16. The molecule has 0 atom stereocenters. The van der Waals surface area contributed by atoms with E-state index in [4.69, 9.17) is 9.40 Å². The second-order valence-electron chi connectivity index (χ2n) is 9.46. The highest BCUT2D eigenvalue weighted by atomic mass is 16.3. The van der Waals surface area contributed by atoms with Gasteiger partial charge in [-0.2, -0.15) is 5.10 Å². The first-order chi connectivity index (χ1) is 17.6. The Morgan fingerprint density at radius 2 is 1.83 bits per heavy atom. The van der Waals surface area contributed by atoms with E-state index in [1.165, 1.54) is 5.56 Å². The van der Waals surface area contributed by atoms with Crippen LogP contribution in [0.3, 0.4) is 0 Å². The first-order valence-corrected chi connectivity index (χ1v) is 12.3. The van der Waals surface area contributed by atoms with Gasteiger partial charge in [-0.3, -0.25) is 14.5 Å². The number of fused-ring (bicyclic) bond motifs is 1. The van der Waals surface area contributed by atoms with E-state index in [-0.39, 0.29) is 5.91 Å². The number of aryl methyl sites for hydroxylation is 1. The number of pyridine rings is 1. The number of hydrogen-bond donors (Lipinski definition) is 0. The predicted molar refractivity (Wildman–Crippen MR) is 138 cm³/mol. The number of likely N-dealkylation sites (tertiary alicyclic amines) is 1. The molecule has 36 heavy (non-hydrogen) atoms. The van der Waals surface area contributed by atoms with Crippen LogP contribution in [0, 0.1) is 5.92 Å². The van der Waals surface area contributed by atoms with Gasteiger partial charge >= 0.3 is 0 Å². The van der Waals surface area contributed by atoms with Crippen LogP contribution in [-0.2, 0) is 13.5 Å². The maximum atomic E-state index is 13.2. The van der Waals surface area contributed by atoms with E-state index in [0.717, 1.165) is 54.6 Å². The fourth-order valence-corrected chi connectivity index (χ4v) is 4.93. The molecule has 0 unspecified atom stereocenters. The van der Waals surface area contributed by atoms with Crippen molar-refractivity contribution in [1.82, 2.24) is 24.6 Å². The van der Waals surface area contributed by atoms with Crippen LogP contribution in [-0.4, -0.2) is 43.6 Å². The van der Waals surface area contributed by atoms with Gasteiger partial charge in [0.05, 0.1) is 6.20 Å². The Hall–Kier alpha value is -4.26. The number of piperidine rings is 1. The Morgan fingerprint density at radius 1 is 1.00 bits per heavy atom. The first-order valence-electron chi connectivity index (χ1n) is 12.3. The monoisotopic (exact) mass is 477 g/mol. The van der Waals surface area contributed by atoms with Crippen molar-refractivity contribution in [3.8, 4) is 22.6 Å². The minimum Gasteiger partial charge on any atom is -0.436 e. The quantitative estimate of drug-likeness (QED) is 0.339. The molecule has 1 saturated heterocycles. The third-order valence-corrected chi connectivity index (χ3v) is 6.92. The zero-order valence-electron chi connectivity index (χ0n) is 20.2. The second kappa shape index (κ2) is 9.41. The molecule has 1 aliphatic heterocycles. The summed E-state index contributed by atoms with van der Waals surface area (Å²) < 4.78 is 7.79. The van der Waals surface area contributed by atoms with E-state index in [9.17, 15) is 4.79 Å². The van der Waals surface area contributed by atoms with Crippen molar-refractivity contribution in [3.63, 3.8) is 0 Å². The molecule has 0 aliphatic carbocycles. The van der Waals surface area contributed by atoms with Gasteiger partial charge in [-0.1, -0.05) is 36.4 Å². The molecular weight excluding hydrogens is 450 g/mol. The molecule has 2 aromatic carbocycles. The highest BCUT2D eigenvalue weighted by molar-refractivity contribution is 5.93. The molecule has 0 spiro atoms. The van der Waals surface area contributed by atoms with Gasteiger partial charge in [0.2, 0.25) is 5.89 Å². The lowest BCUT2D eigenvalue weighted by Gasteiger charge is -2.32.